The molecule has 0 fully saturated rings. The lowest BCUT2D eigenvalue weighted by molar-refractivity contribution is 0.845. The molecular formula is C9H11N5S. The molecule has 0 aromatic carbocycles. The molecule has 2 aromatic heterocycles. The van der Waals surface area contributed by atoms with Crippen LogP contribution in [-0.4, -0.2) is 31.6 Å². The van der Waals surface area contributed by atoms with Gasteiger partial charge in [-0.2, -0.15) is 5.10 Å². The maximum atomic E-state index is 4.18. The SMILES string of the molecule is CCc1n[nH]cc1-c1cnc(SC)nn1. The number of thioether (sulfide) groups is 1. The van der Waals surface area contributed by atoms with Gasteiger partial charge in [0.25, 0.3) is 0 Å². The maximum Gasteiger partial charge on any atom is 0.208 e. The molecule has 2 aromatic rings. The summed E-state index contributed by atoms with van der Waals surface area (Å²) in [6.07, 6.45) is 6.34. The number of rotatable bonds is 3. The fourth-order valence-corrected chi connectivity index (χ4v) is 1.57. The largest absolute Gasteiger partial charge is 0.285 e. The Morgan fingerprint density at radius 2 is 2.27 bits per heavy atom. The van der Waals surface area contributed by atoms with Crippen molar-refractivity contribution in [3.8, 4) is 11.3 Å². The van der Waals surface area contributed by atoms with Crippen molar-refractivity contribution < 1.29 is 0 Å². The number of nitrogens with one attached hydrogen (secondary N) is 1. The van der Waals surface area contributed by atoms with Gasteiger partial charge in [0.1, 0.15) is 5.69 Å². The molecule has 0 aliphatic carbocycles. The summed E-state index contributed by atoms with van der Waals surface area (Å²) in [6, 6.07) is 0. The molecular weight excluding hydrogens is 210 g/mol. The topological polar surface area (TPSA) is 67.3 Å². The van der Waals surface area contributed by atoms with Crippen LogP contribution >= 0.6 is 11.8 Å². The summed E-state index contributed by atoms with van der Waals surface area (Å²) in [7, 11) is 0. The average Bonchev–Trinajstić information content (AvgIpc) is 2.77. The summed E-state index contributed by atoms with van der Waals surface area (Å²) >= 11 is 1.48. The lowest BCUT2D eigenvalue weighted by atomic mass is 10.1. The summed E-state index contributed by atoms with van der Waals surface area (Å²) in [5.41, 5.74) is 2.73. The first-order valence-corrected chi connectivity index (χ1v) is 5.84. The number of aromatic nitrogens is 5. The van der Waals surface area contributed by atoms with Gasteiger partial charge in [-0.05, 0) is 12.7 Å². The van der Waals surface area contributed by atoms with Gasteiger partial charge >= 0.3 is 0 Å². The van der Waals surface area contributed by atoms with Gasteiger partial charge in [-0.3, -0.25) is 5.10 Å². The Hall–Kier alpha value is -1.43. The molecule has 0 unspecified atom stereocenters. The Labute approximate surface area is 91.7 Å². The van der Waals surface area contributed by atoms with E-state index in [-0.39, 0.29) is 0 Å². The highest BCUT2D eigenvalue weighted by Crippen LogP contribution is 2.19. The zero-order valence-electron chi connectivity index (χ0n) is 8.56. The van der Waals surface area contributed by atoms with Crippen LogP contribution in [-0.2, 0) is 6.42 Å². The molecule has 0 saturated carbocycles. The van der Waals surface area contributed by atoms with Gasteiger partial charge in [0.2, 0.25) is 5.16 Å². The van der Waals surface area contributed by atoms with E-state index in [0.717, 1.165) is 23.4 Å². The minimum atomic E-state index is 0.681. The quantitative estimate of drug-likeness (QED) is 0.796. The molecule has 0 amide bonds. The lowest BCUT2D eigenvalue weighted by Gasteiger charge is -1.98. The Morgan fingerprint density at radius 3 is 2.87 bits per heavy atom. The third-order valence-electron chi connectivity index (χ3n) is 2.05. The molecule has 5 nitrogen and oxygen atoms in total. The van der Waals surface area contributed by atoms with Crippen LogP contribution in [0.4, 0.5) is 0 Å². The Morgan fingerprint density at radius 1 is 1.40 bits per heavy atom. The van der Waals surface area contributed by atoms with E-state index in [4.69, 9.17) is 0 Å². The molecule has 0 aliphatic rings. The Bertz CT molecular complexity index is 436. The van der Waals surface area contributed by atoms with E-state index in [9.17, 15) is 0 Å². The molecule has 2 heterocycles. The summed E-state index contributed by atoms with van der Waals surface area (Å²) in [4.78, 5) is 4.18. The number of hydrogen-bond donors (Lipinski definition) is 1. The molecule has 15 heavy (non-hydrogen) atoms. The van der Waals surface area contributed by atoms with E-state index in [2.05, 4.69) is 32.3 Å². The predicted molar refractivity (Wildman–Crippen MR) is 58.6 cm³/mol. The second-order valence-corrected chi connectivity index (χ2v) is 3.70. The summed E-state index contributed by atoms with van der Waals surface area (Å²) in [6.45, 7) is 2.05. The van der Waals surface area contributed by atoms with Crippen molar-refractivity contribution in [1.29, 1.82) is 0 Å². The van der Waals surface area contributed by atoms with Crippen LogP contribution in [0.25, 0.3) is 11.3 Å². The second-order valence-electron chi connectivity index (χ2n) is 2.93. The molecule has 2 rings (SSSR count). The highest BCUT2D eigenvalue weighted by molar-refractivity contribution is 7.98. The first-order chi connectivity index (χ1) is 7.35. The van der Waals surface area contributed by atoms with Crippen LogP contribution in [0.3, 0.4) is 0 Å². The lowest BCUT2D eigenvalue weighted by Crippen LogP contribution is -1.94. The van der Waals surface area contributed by atoms with Crippen LogP contribution in [0.2, 0.25) is 0 Å². The predicted octanol–water partition coefficient (Wildman–Crippen LogP) is 1.55. The van der Waals surface area contributed by atoms with Gasteiger partial charge in [0, 0.05) is 11.8 Å². The molecule has 0 aliphatic heterocycles. The summed E-state index contributed by atoms with van der Waals surface area (Å²) < 4.78 is 0. The van der Waals surface area contributed by atoms with Crippen molar-refractivity contribution in [1.82, 2.24) is 25.4 Å². The zero-order chi connectivity index (χ0) is 10.7. The van der Waals surface area contributed by atoms with Crippen LogP contribution in [0.15, 0.2) is 17.6 Å². The average molecular weight is 221 g/mol. The molecule has 6 heteroatoms. The van der Waals surface area contributed by atoms with E-state index < -0.39 is 0 Å². The van der Waals surface area contributed by atoms with E-state index >= 15 is 0 Å². The Balaban J connectivity index is 2.37. The van der Waals surface area contributed by atoms with Crippen LogP contribution in [0.1, 0.15) is 12.6 Å². The highest BCUT2D eigenvalue weighted by atomic mass is 32.2. The number of aryl methyl sites for hydroxylation is 1. The first kappa shape index (κ1) is 10.1. The van der Waals surface area contributed by atoms with Gasteiger partial charge in [-0.1, -0.05) is 18.7 Å². The van der Waals surface area contributed by atoms with Gasteiger partial charge in [-0.25, -0.2) is 4.98 Å². The van der Waals surface area contributed by atoms with E-state index in [1.54, 1.807) is 6.20 Å². The zero-order valence-corrected chi connectivity index (χ0v) is 9.38. The van der Waals surface area contributed by atoms with E-state index in [1.165, 1.54) is 11.8 Å². The van der Waals surface area contributed by atoms with Gasteiger partial charge < -0.3 is 0 Å². The molecule has 0 bridgehead atoms. The van der Waals surface area contributed by atoms with Crippen LogP contribution in [0.5, 0.6) is 0 Å². The third kappa shape index (κ3) is 1.99. The fraction of sp³-hybridized carbons (Fsp3) is 0.333. The van der Waals surface area contributed by atoms with Crippen molar-refractivity contribution in [2.24, 2.45) is 0 Å². The molecule has 1 N–H and O–H groups in total. The minimum Gasteiger partial charge on any atom is -0.285 e. The van der Waals surface area contributed by atoms with Crippen molar-refractivity contribution in [3.63, 3.8) is 0 Å². The van der Waals surface area contributed by atoms with E-state index in [0.29, 0.717) is 5.16 Å². The number of aromatic amines is 1. The smallest absolute Gasteiger partial charge is 0.208 e. The van der Waals surface area contributed by atoms with Crippen molar-refractivity contribution in [2.75, 3.05) is 6.26 Å². The van der Waals surface area contributed by atoms with Crippen LogP contribution in [0, 0.1) is 0 Å². The van der Waals surface area contributed by atoms with Gasteiger partial charge in [0.05, 0.1) is 11.9 Å². The van der Waals surface area contributed by atoms with Crippen LogP contribution < -0.4 is 0 Å². The standard InChI is InChI=1S/C9H11N5S/c1-3-7-6(4-11-12-7)8-5-10-9(15-2)14-13-8/h4-5H,3H2,1-2H3,(H,11,12). The maximum absolute atomic E-state index is 4.18. The van der Waals surface area contributed by atoms with Crippen molar-refractivity contribution >= 4 is 11.8 Å². The molecule has 78 valence electrons. The molecule has 0 saturated heterocycles. The highest BCUT2D eigenvalue weighted by Gasteiger charge is 2.08. The summed E-state index contributed by atoms with van der Waals surface area (Å²) in [5.74, 6) is 0. The van der Waals surface area contributed by atoms with E-state index in [1.807, 2.05) is 12.5 Å². The minimum absolute atomic E-state index is 0.681. The monoisotopic (exact) mass is 221 g/mol. The number of H-pyrrole nitrogens is 1. The normalized spacial score (nSPS) is 10.5. The molecule has 0 spiro atoms. The molecule has 0 radical (unpaired) electrons. The molecule has 0 atom stereocenters. The fourth-order valence-electron chi connectivity index (χ4n) is 1.29. The first-order valence-electron chi connectivity index (χ1n) is 4.62. The number of hydrogen-bond acceptors (Lipinski definition) is 5. The third-order valence-corrected chi connectivity index (χ3v) is 2.61. The van der Waals surface area contributed by atoms with Crippen molar-refractivity contribution in [2.45, 2.75) is 18.5 Å². The Kier molecular flexibility index (Phi) is 2.96. The summed E-state index contributed by atoms with van der Waals surface area (Å²) in [5, 5.41) is 15.7. The van der Waals surface area contributed by atoms with Crippen molar-refractivity contribution in [3.05, 3.63) is 18.1 Å². The number of nitrogens with zero attached hydrogens (tertiary/aromatic N) is 4. The van der Waals surface area contributed by atoms with Gasteiger partial charge in [-0.15, -0.1) is 10.2 Å². The second kappa shape index (κ2) is 4.39. The van der Waals surface area contributed by atoms with Gasteiger partial charge in [0.15, 0.2) is 0 Å².